The smallest absolute Gasteiger partial charge is 0.262 e. The zero-order chi connectivity index (χ0) is 21.6. The van der Waals surface area contributed by atoms with E-state index in [1.165, 1.54) is 0 Å². The predicted molar refractivity (Wildman–Crippen MR) is 117 cm³/mol. The number of ether oxygens (including phenoxy) is 2. The van der Waals surface area contributed by atoms with E-state index in [9.17, 15) is 4.79 Å². The Morgan fingerprint density at radius 1 is 0.968 bits per heavy atom. The van der Waals surface area contributed by atoms with Crippen molar-refractivity contribution in [3.8, 4) is 34.3 Å². The Kier molecular flexibility index (Phi) is 5.93. The number of benzene rings is 3. The van der Waals surface area contributed by atoms with Crippen LogP contribution in [0.1, 0.15) is 5.56 Å². The zero-order valence-corrected chi connectivity index (χ0v) is 17.2. The van der Waals surface area contributed by atoms with Gasteiger partial charge in [0.1, 0.15) is 11.5 Å². The molecule has 0 saturated heterocycles. The van der Waals surface area contributed by atoms with Crippen molar-refractivity contribution in [2.45, 2.75) is 6.92 Å². The zero-order valence-electron chi connectivity index (χ0n) is 17.2. The molecule has 0 bridgehead atoms. The number of para-hydroxylation sites is 1. The second-order valence-corrected chi connectivity index (χ2v) is 6.80. The molecule has 7 nitrogen and oxygen atoms in total. The third-order valence-electron chi connectivity index (χ3n) is 4.66. The molecule has 1 heterocycles. The van der Waals surface area contributed by atoms with Gasteiger partial charge in [-0.2, -0.15) is 4.98 Å². The third kappa shape index (κ3) is 4.72. The summed E-state index contributed by atoms with van der Waals surface area (Å²) in [5.74, 6) is 1.75. The predicted octanol–water partition coefficient (Wildman–Crippen LogP) is 4.74. The maximum absolute atomic E-state index is 12.3. The molecule has 7 heteroatoms. The molecule has 4 aromatic rings. The molecule has 1 aromatic heterocycles. The molecular formula is C24H21N3O4. The summed E-state index contributed by atoms with van der Waals surface area (Å²) >= 11 is 0. The first-order valence-electron chi connectivity index (χ1n) is 9.70. The largest absolute Gasteiger partial charge is 0.497 e. The van der Waals surface area contributed by atoms with Crippen molar-refractivity contribution in [2.24, 2.45) is 0 Å². The number of nitrogens with one attached hydrogen (secondary N) is 1. The number of nitrogens with zero attached hydrogens (tertiary/aromatic N) is 2. The van der Waals surface area contributed by atoms with E-state index in [4.69, 9.17) is 14.0 Å². The Hall–Kier alpha value is -4.13. The van der Waals surface area contributed by atoms with Gasteiger partial charge in [-0.25, -0.2) is 0 Å². The van der Waals surface area contributed by atoms with Crippen LogP contribution in [0.2, 0.25) is 0 Å². The monoisotopic (exact) mass is 415 g/mol. The quantitative estimate of drug-likeness (QED) is 0.469. The molecule has 156 valence electrons. The Morgan fingerprint density at radius 3 is 2.42 bits per heavy atom. The molecule has 0 aliphatic heterocycles. The van der Waals surface area contributed by atoms with Crippen LogP contribution in [0.3, 0.4) is 0 Å². The van der Waals surface area contributed by atoms with Crippen LogP contribution in [0.15, 0.2) is 77.3 Å². The van der Waals surface area contributed by atoms with Gasteiger partial charge in [0.05, 0.1) is 12.7 Å². The highest BCUT2D eigenvalue weighted by atomic mass is 16.5. The molecule has 0 aliphatic rings. The Morgan fingerprint density at radius 2 is 1.68 bits per heavy atom. The van der Waals surface area contributed by atoms with Gasteiger partial charge in [-0.15, -0.1) is 0 Å². The highest BCUT2D eigenvalue weighted by molar-refractivity contribution is 5.92. The van der Waals surface area contributed by atoms with E-state index in [2.05, 4.69) is 15.5 Å². The SMILES string of the molecule is COc1ccc(NC(=O)COc2ccccc2-c2noc(-c3ccccc3C)n2)cc1. The summed E-state index contributed by atoms with van der Waals surface area (Å²) in [6, 6.07) is 22.1. The van der Waals surface area contributed by atoms with Crippen LogP contribution >= 0.6 is 0 Å². The molecule has 0 unspecified atom stereocenters. The molecule has 1 N–H and O–H groups in total. The van der Waals surface area contributed by atoms with E-state index >= 15 is 0 Å². The average Bonchev–Trinajstić information content (AvgIpc) is 3.28. The van der Waals surface area contributed by atoms with Gasteiger partial charge < -0.3 is 19.3 Å². The lowest BCUT2D eigenvalue weighted by Crippen LogP contribution is -2.20. The summed E-state index contributed by atoms with van der Waals surface area (Å²) in [5, 5.41) is 6.88. The van der Waals surface area contributed by atoms with Crippen LogP contribution < -0.4 is 14.8 Å². The maximum Gasteiger partial charge on any atom is 0.262 e. The van der Waals surface area contributed by atoms with Gasteiger partial charge in [0.25, 0.3) is 11.8 Å². The van der Waals surface area contributed by atoms with Crippen LogP contribution in [0.4, 0.5) is 5.69 Å². The standard InChI is InChI=1S/C24H21N3O4/c1-16-7-3-4-8-19(16)24-26-23(27-31-24)20-9-5-6-10-21(20)30-15-22(28)25-17-11-13-18(29-2)14-12-17/h3-14H,15H2,1-2H3,(H,25,28). The summed E-state index contributed by atoms with van der Waals surface area (Å²) in [6.45, 7) is 1.82. The van der Waals surface area contributed by atoms with Gasteiger partial charge in [0.15, 0.2) is 6.61 Å². The molecule has 0 atom stereocenters. The number of amides is 1. The number of carbonyl (C=O) groups is 1. The molecule has 0 spiro atoms. The number of hydrogen-bond acceptors (Lipinski definition) is 6. The fourth-order valence-corrected chi connectivity index (χ4v) is 3.05. The van der Waals surface area contributed by atoms with Crippen molar-refractivity contribution >= 4 is 11.6 Å². The van der Waals surface area contributed by atoms with Crippen molar-refractivity contribution in [1.82, 2.24) is 10.1 Å². The lowest BCUT2D eigenvalue weighted by molar-refractivity contribution is -0.118. The fraction of sp³-hybridized carbons (Fsp3) is 0.125. The van der Waals surface area contributed by atoms with Crippen molar-refractivity contribution < 1.29 is 18.8 Å². The van der Waals surface area contributed by atoms with Crippen LogP contribution in [0.25, 0.3) is 22.8 Å². The normalized spacial score (nSPS) is 10.5. The number of carbonyl (C=O) groups excluding carboxylic acids is 1. The molecule has 0 aliphatic carbocycles. The first-order valence-corrected chi connectivity index (χ1v) is 9.70. The number of aryl methyl sites for hydroxylation is 1. The van der Waals surface area contributed by atoms with E-state index in [1.54, 1.807) is 37.4 Å². The van der Waals surface area contributed by atoms with Gasteiger partial charge in [0.2, 0.25) is 5.82 Å². The lowest BCUT2D eigenvalue weighted by atomic mass is 10.1. The molecule has 0 saturated carbocycles. The van der Waals surface area contributed by atoms with Gasteiger partial charge in [-0.05, 0) is 55.0 Å². The number of methoxy groups -OCH3 is 1. The van der Waals surface area contributed by atoms with Crippen molar-refractivity contribution in [2.75, 3.05) is 19.0 Å². The summed E-state index contributed by atoms with van der Waals surface area (Å²) in [6.07, 6.45) is 0. The summed E-state index contributed by atoms with van der Waals surface area (Å²) < 4.78 is 16.3. The van der Waals surface area contributed by atoms with Crippen LogP contribution in [-0.4, -0.2) is 29.8 Å². The third-order valence-corrected chi connectivity index (χ3v) is 4.66. The van der Waals surface area contributed by atoms with Crippen molar-refractivity contribution in [1.29, 1.82) is 0 Å². The minimum atomic E-state index is -0.284. The molecule has 0 radical (unpaired) electrons. The highest BCUT2D eigenvalue weighted by Crippen LogP contribution is 2.30. The van der Waals surface area contributed by atoms with E-state index in [-0.39, 0.29) is 12.5 Å². The molecule has 31 heavy (non-hydrogen) atoms. The molecule has 0 fully saturated rings. The van der Waals surface area contributed by atoms with Gasteiger partial charge in [-0.1, -0.05) is 35.5 Å². The molecule has 1 amide bonds. The van der Waals surface area contributed by atoms with E-state index in [1.807, 2.05) is 49.4 Å². The Labute approximate surface area is 179 Å². The Bertz CT molecular complexity index is 1190. The van der Waals surface area contributed by atoms with Crippen LogP contribution in [-0.2, 0) is 4.79 Å². The Balaban J connectivity index is 1.46. The van der Waals surface area contributed by atoms with Gasteiger partial charge in [0, 0.05) is 11.3 Å². The number of aromatic nitrogens is 2. The first-order chi connectivity index (χ1) is 15.1. The van der Waals surface area contributed by atoms with E-state index < -0.39 is 0 Å². The number of hydrogen-bond donors (Lipinski definition) is 1. The average molecular weight is 415 g/mol. The summed E-state index contributed by atoms with van der Waals surface area (Å²) in [5.41, 5.74) is 3.21. The number of rotatable bonds is 7. The van der Waals surface area contributed by atoms with Gasteiger partial charge in [-0.3, -0.25) is 4.79 Å². The minimum absolute atomic E-state index is 0.161. The number of anilines is 1. The van der Waals surface area contributed by atoms with E-state index in [0.717, 1.165) is 11.1 Å². The van der Waals surface area contributed by atoms with Crippen LogP contribution in [0.5, 0.6) is 11.5 Å². The fourth-order valence-electron chi connectivity index (χ4n) is 3.05. The van der Waals surface area contributed by atoms with Gasteiger partial charge >= 0.3 is 0 Å². The second kappa shape index (κ2) is 9.13. The molecule has 3 aromatic carbocycles. The van der Waals surface area contributed by atoms with Crippen LogP contribution in [0, 0.1) is 6.92 Å². The topological polar surface area (TPSA) is 86.5 Å². The van der Waals surface area contributed by atoms with E-state index in [0.29, 0.717) is 34.5 Å². The first kappa shape index (κ1) is 20.2. The van der Waals surface area contributed by atoms with Crippen molar-refractivity contribution in [3.05, 3.63) is 78.4 Å². The second-order valence-electron chi connectivity index (χ2n) is 6.80. The molecular weight excluding hydrogens is 394 g/mol. The lowest BCUT2D eigenvalue weighted by Gasteiger charge is -2.10. The molecule has 4 rings (SSSR count). The summed E-state index contributed by atoms with van der Waals surface area (Å²) in [4.78, 5) is 16.8. The maximum atomic E-state index is 12.3. The van der Waals surface area contributed by atoms with Crippen molar-refractivity contribution in [3.63, 3.8) is 0 Å². The highest BCUT2D eigenvalue weighted by Gasteiger charge is 2.16. The summed E-state index contributed by atoms with van der Waals surface area (Å²) in [7, 11) is 1.59. The minimum Gasteiger partial charge on any atom is -0.497 e.